The van der Waals surface area contributed by atoms with Gasteiger partial charge in [-0.25, -0.2) is 9.97 Å². The largest absolute Gasteiger partial charge is 0.433 e. The summed E-state index contributed by atoms with van der Waals surface area (Å²) in [5.74, 6) is 0.0180. The Morgan fingerprint density at radius 3 is 2.90 bits per heavy atom. The highest BCUT2D eigenvalue weighted by Crippen LogP contribution is 2.27. The Labute approximate surface area is 115 Å². The zero-order valence-corrected chi connectivity index (χ0v) is 11.1. The van der Waals surface area contributed by atoms with Gasteiger partial charge in [0.1, 0.15) is 5.69 Å². The van der Waals surface area contributed by atoms with E-state index in [9.17, 15) is 13.2 Å². The van der Waals surface area contributed by atoms with Crippen molar-refractivity contribution in [2.75, 3.05) is 18.5 Å². The first-order chi connectivity index (χ1) is 9.55. The summed E-state index contributed by atoms with van der Waals surface area (Å²) in [5.41, 5.74) is -0.925. The Hall–Kier alpha value is -1.37. The van der Waals surface area contributed by atoms with Crippen LogP contribution in [0.4, 0.5) is 19.1 Å². The van der Waals surface area contributed by atoms with Gasteiger partial charge in [0.05, 0.1) is 6.10 Å². The lowest BCUT2D eigenvalue weighted by atomic mass is 10.0. The SMILES string of the molecule is FC(F)(F)c1ccnc(NCCC[C@H]2CCCCO2)n1. The summed E-state index contributed by atoms with van der Waals surface area (Å²) in [6.45, 7) is 1.36. The van der Waals surface area contributed by atoms with E-state index in [-0.39, 0.29) is 12.1 Å². The van der Waals surface area contributed by atoms with Gasteiger partial charge in [0.2, 0.25) is 5.95 Å². The fraction of sp³-hybridized carbons (Fsp3) is 0.692. The minimum Gasteiger partial charge on any atom is -0.378 e. The average molecular weight is 289 g/mol. The summed E-state index contributed by atoms with van der Waals surface area (Å²) in [4.78, 5) is 7.23. The summed E-state index contributed by atoms with van der Waals surface area (Å²) < 4.78 is 43.0. The molecule has 1 aliphatic rings. The summed E-state index contributed by atoms with van der Waals surface area (Å²) in [6.07, 6.45) is 2.07. The van der Waals surface area contributed by atoms with Crippen molar-refractivity contribution in [3.8, 4) is 0 Å². The number of hydrogen-bond acceptors (Lipinski definition) is 4. The summed E-state index contributed by atoms with van der Waals surface area (Å²) in [7, 11) is 0. The standard InChI is InChI=1S/C13H18F3N3O/c14-13(15,16)11-6-8-18-12(19-11)17-7-3-5-10-4-1-2-9-20-10/h6,8,10H,1-5,7,9H2,(H,17,18,19)/t10-/m1/s1. The molecule has 1 fully saturated rings. The van der Waals surface area contributed by atoms with E-state index < -0.39 is 11.9 Å². The van der Waals surface area contributed by atoms with Crippen molar-refractivity contribution in [3.05, 3.63) is 18.0 Å². The molecule has 1 aliphatic heterocycles. The first kappa shape index (κ1) is 15.0. The Bertz CT molecular complexity index is 420. The smallest absolute Gasteiger partial charge is 0.378 e. The molecule has 0 unspecified atom stereocenters. The molecule has 112 valence electrons. The van der Waals surface area contributed by atoms with Gasteiger partial charge in [0.25, 0.3) is 0 Å². The number of aromatic nitrogens is 2. The number of halogens is 3. The Morgan fingerprint density at radius 2 is 2.20 bits per heavy atom. The number of nitrogens with zero attached hydrogens (tertiary/aromatic N) is 2. The highest BCUT2D eigenvalue weighted by Gasteiger charge is 2.32. The normalized spacial score (nSPS) is 19.9. The molecular formula is C13H18F3N3O. The second kappa shape index (κ2) is 6.88. The summed E-state index contributed by atoms with van der Waals surface area (Å²) >= 11 is 0. The zero-order valence-electron chi connectivity index (χ0n) is 11.1. The summed E-state index contributed by atoms with van der Waals surface area (Å²) in [6, 6.07) is 0.862. The molecule has 0 amide bonds. The fourth-order valence-electron chi connectivity index (χ4n) is 2.17. The molecule has 1 saturated heterocycles. The predicted molar refractivity (Wildman–Crippen MR) is 68.3 cm³/mol. The van der Waals surface area contributed by atoms with Gasteiger partial charge in [-0.2, -0.15) is 13.2 Å². The van der Waals surface area contributed by atoms with Crippen LogP contribution in [0.2, 0.25) is 0 Å². The van der Waals surface area contributed by atoms with E-state index in [4.69, 9.17) is 4.74 Å². The van der Waals surface area contributed by atoms with E-state index in [1.165, 1.54) is 6.42 Å². The number of ether oxygens (including phenoxy) is 1. The lowest BCUT2D eigenvalue weighted by Crippen LogP contribution is -2.20. The quantitative estimate of drug-likeness (QED) is 0.845. The minimum atomic E-state index is -4.44. The molecule has 4 nitrogen and oxygen atoms in total. The van der Waals surface area contributed by atoms with Crippen molar-refractivity contribution in [2.45, 2.75) is 44.4 Å². The van der Waals surface area contributed by atoms with Gasteiger partial charge < -0.3 is 10.1 Å². The Morgan fingerprint density at radius 1 is 1.35 bits per heavy atom. The number of nitrogens with one attached hydrogen (secondary N) is 1. The van der Waals surface area contributed by atoms with Crippen LogP contribution in [-0.2, 0) is 10.9 Å². The van der Waals surface area contributed by atoms with Gasteiger partial charge in [-0.05, 0) is 38.2 Å². The number of alkyl halides is 3. The van der Waals surface area contributed by atoms with Crippen LogP contribution in [0.15, 0.2) is 12.3 Å². The van der Waals surface area contributed by atoms with Crippen molar-refractivity contribution in [1.82, 2.24) is 9.97 Å². The lowest BCUT2D eigenvalue weighted by Gasteiger charge is -2.22. The topological polar surface area (TPSA) is 47.0 Å². The monoisotopic (exact) mass is 289 g/mol. The van der Waals surface area contributed by atoms with E-state index in [0.717, 1.165) is 44.6 Å². The highest BCUT2D eigenvalue weighted by molar-refractivity contribution is 5.25. The van der Waals surface area contributed by atoms with Gasteiger partial charge in [-0.15, -0.1) is 0 Å². The van der Waals surface area contributed by atoms with E-state index in [1.807, 2.05) is 0 Å². The van der Waals surface area contributed by atoms with Crippen molar-refractivity contribution in [3.63, 3.8) is 0 Å². The first-order valence-electron chi connectivity index (χ1n) is 6.81. The van der Waals surface area contributed by atoms with Gasteiger partial charge in [0.15, 0.2) is 0 Å². The van der Waals surface area contributed by atoms with Crippen molar-refractivity contribution in [2.24, 2.45) is 0 Å². The Kier molecular flexibility index (Phi) is 5.17. The van der Waals surface area contributed by atoms with E-state index in [2.05, 4.69) is 15.3 Å². The maximum Gasteiger partial charge on any atom is 0.433 e. The molecule has 1 aromatic heterocycles. The molecule has 1 atom stereocenters. The van der Waals surface area contributed by atoms with E-state index >= 15 is 0 Å². The third-order valence-electron chi connectivity index (χ3n) is 3.21. The van der Waals surface area contributed by atoms with Gasteiger partial charge >= 0.3 is 6.18 Å². The maximum absolute atomic E-state index is 12.5. The van der Waals surface area contributed by atoms with Crippen LogP contribution >= 0.6 is 0 Å². The molecule has 0 bridgehead atoms. The molecule has 0 saturated carbocycles. The molecule has 0 radical (unpaired) electrons. The first-order valence-corrected chi connectivity index (χ1v) is 6.81. The third-order valence-corrected chi connectivity index (χ3v) is 3.21. The number of hydrogen-bond donors (Lipinski definition) is 1. The van der Waals surface area contributed by atoms with Crippen molar-refractivity contribution in [1.29, 1.82) is 0 Å². The van der Waals surface area contributed by atoms with Crippen LogP contribution in [0.3, 0.4) is 0 Å². The number of rotatable bonds is 5. The van der Waals surface area contributed by atoms with Crippen LogP contribution < -0.4 is 5.32 Å². The van der Waals surface area contributed by atoms with E-state index in [0.29, 0.717) is 6.54 Å². The molecule has 2 heterocycles. The van der Waals surface area contributed by atoms with Crippen LogP contribution in [0, 0.1) is 0 Å². The zero-order chi connectivity index (χ0) is 14.4. The van der Waals surface area contributed by atoms with Crippen LogP contribution in [0.1, 0.15) is 37.8 Å². The van der Waals surface area contributed by atoms with Crippen LogP contribution in [0.25, 0.3) is 0 Å². The molecule has 20 heavy (non-hydrogen) atoms. The molecule has 2 rings (SSSR count). The molecule has 7 heteroatoms. The lowest BCUT2D eigenvalue weighted by molar-refractivity contribution is -0.141. The molecule has 0 aliphatic carbocycles. The average Bonchev–Trinajstić information content (AvgIpc) is 2.44. The van der Waals surface area contributed by atoms with Crippen molar-refractivity contribution >= 4 is 5.95 Å². The van der Waals surface area contributed by atoms with Gasteiger partial charge in [-0.1, -0.05) is 0 Å². The minimum absolute atomic E-state index is 0.0180. The van der Waals surface area contributed by atoms with Crippen molar-refractivity contribution < 1.29 is 17.9 Å². The second-order valence-electron chi connectivity index (χ2n) is 4.82. The maximum atomic E-state index is 12.5. The van der Waals surface area contributed by atoms with Crippen LogP contribution in [0.5, 0.6) is 0 Å². The second-order valence-corrected chi connectivity index (χ2v) is 4.82. The van der Waals surface area contributed by atoms with Crippen LogP contribution in [-0.4, -0.2) is 29.2 Å². The van der Waals surface area contributed by atoms with Gasteiger partial charge in [-0.3, -0.25) is 0 Å². The third kappa shape index (κ3) is 4.63. The Balaban J connectivity index is 1.73. The molecule has 1 N–H and O–H groups in total. The molecule has 0 spiro atoms. The number of anilines is 1. The predicted octanol–water partition coefficient (Wildman–Crippen LogP) is 3.26. The fourth-order valence-corrected chi connectivity index (χ4v) is 2.17. The molecule has 1 aromatic rings. The molecular weight excluding hydrogens is 271 g/mol. The van der Waals surface area contributed by atoms with Gasteiger partial charge in [0, 0.05) is 19.3 Å². The molecule has 0 aromatic carbocycles. The summed E-state index contributed by atoms with van der Waals surface area (Å²) in [5, 5.41) is 2.82. The highest BCUT2D eigenvalue weighted by atomic mass is 19.4. The van der Waals surface area contributed by atoms with E-state index in [1.54, 1.807) is 0 Å².